The lowest BCUT2D eigenvalue weighted by Crippen LogP contribution is -2.49. The maximum absolute atomic E-state index is 14.3. The van der Waals surface area contributed by atoms with Gasteiger partial charge in [0.25, 0.3) is 0 Å². The highest BCUT2D eigenvalue weighted by Gasteiger charge is 2.33. The maximum atomic E-state index is 14.3. The van der Waals surface area contributed by atoms with Gasteiger partial charge in [0.2, 0.25) is 21.9 Å². The number of halogens is 2. The van der Waals surface area contributed by atoms with Crippen LogP contribution in [0.25, 0.3) is 5.52 Å². The van der Waals surface area contributed by atoms with E-state index in [9.17, 15) is 12.8 Å². The van der Waals surface area contributed by atoms with Crippen LogP contribution in [0.5, 0.6) is 5.88 Å². The van der Waals surface area contributed by atoms with Gasteiger partial charge in [-0.3, -0.25) is 0 Å². The SMILES string of the molecule is COc1nc(N[C@H]2CCN(S(C)(=O)=O)C[C@H]2F)nn2ccc(Cl)c12. The molecule has 3 rings (SSSR count). The summed E-state index contributed by atoms with van der Waals surface area (Å²) in [7, 11) is -1.94. The molecule has 11 heteroatoms. The van der Waals surface area contributed by atoms with Crippen molar-refractivity contribution in [2.45, 2.75) is 18.6 Å². The van der Waals surface area contributed by atoms with Crippen LogP contribution in [0.1, 0.15) is 6.42 Å². The van der Waals surface area contributed by atoms with Gasteiger partial charge in [0.05, 0.1) is 24.4 Å². The second-order valence-corrected chi connectivity index (χ2v) is 7.97. The van der Waals surface area contributed by atoms with Gasteiger partial charge in [-0.25, -0.2) is 17.3 Å². The van der Waals surface area contributed by atoms with E-state index in [0.717, 1.165) is 10.6 Å². The van der Waals surface area contributed by atoms with E-state index >= 15 is 0 Å². The van der Waals surface area contributed by atoms with Crippen molar-refractivity contribution in [2.24, 2.45) is 0 Å². The molecule has 1 saturated heterocycles. The van der Waals surface area contributed by atoms with Gasteiger partial charge >= 0.3 is 0 Å². The van der Waals surface area contributed by atoms with E-state index in [1.807, 2.05) is 0 Å². The van der Waals surface area contributed by atoms with Crippen molar-refractivity contribution in [3.8, 4) is 5.88 Å². The Hall–Kier alpha value is -1.65. The van der Waals surface area contributed by atoms with E-state index in [1.165, 1.54) is 11.6 Å². The zero-order chi connectivity index (χ0) is 17.5. The van der Waals surface area contributed by atoms with Gasteiger partial charge in [-0.15, -0.1) is 5.10 Å². The highest BCUT2D eigenvalue weighted by Crippen LogP contribution is 2.27. The smallest absolute Gasteiger partial charge is 0.244 e. The molecule has 0 saturated carbocycles. The van der Waals surface area contributed by atoms with Crippen molar-refractivity contribution in [3.05, 3.63) is 17.3 Å². The van der Waals surface area contributed by atoms with Gasteiger partial charge in [0.15, 0.2) is 0 Å². The molecule has 1 N–H and O–H groups in total. The Bertz CT molecular complexity index is 859. The first kappa shape index (κ1) is 17.2. The Kier molecular flexibility index (Phi) is 4.54. The zero-order valence-electron chi connectivity index (χ0n) is 13.1. The minimum atomic E-state index is -3.40. The van der Waals surface area contributed by atoms with Crippen LogP contribution in [0.2, 0.25) is 5.02 Å². The third-order valence-electron chi connectivity index (χ3n) is 3.91. The Labute approximate surface area is 143 Å². The highest BCUT2D eigenvalue weighted by atomic mass is 35.5. The molecule has 0 spiro atoms. The Balaban J connectivity index is 1.80. The summed E-state index contributed by atoms with van der Waals surface area (Å²) < 4.78 is 45.2. The van der Waals surface area contributed by atoms with Crippen LogP contribution in [0.3, 0.4) is 0 Å². The molecule has 2 atom stereocenters. The fourth-order valence-corrected chi connectivity index (χ4v) is 3.74. The molecule has 24 heavy (non-hydrogen) atoms. The van der Waals surface area contributed by atoms with Gasteiger partial charge in [0.1, 0.15) is 11.7 Å². The van der Waals surface area contributed by atoms with Crippen molar-refractivity contribution in [1.29, 1.82) is 0 Å². The van der Waals surface area contributed by atoms with Crippen LogP contribution in [-0.2, 0) is 10.0 Å². The van der Waals surface area contributed by atoms with E-state index in [1.54, 1.807) is 12.3 Å². The van der Waals surface area contributed by atoms with Crippen LogP contribution in [0.4, 0.5) is 10.3 Å². The van der Waals surface area contributed by atoms with Crippen molar-refractivity contribution < 1.29 is 17.5 Å². The quantitative estimate of drug-likeness (QED) is 0.860. The second kappa shape index (κ2) is 6.34. The summed E-state index contributed by atoms with van der Waals surface area (Å²) in [6, 6.07) is 1.07. The molecule has 8 nitrogen and oxygen atoms in total. The number of sulfonamides is 1. The molecule has 0 bridgehead atoms. The lowest BCUT2D eigenvalue weighted by atomic mass is 10.1. The molecular weight excluding hydrogens is 361 g/mol. The van der Waals surface area contributed by atoms with E-state index in [2.05, 4.69) is 15.4 Å². The fourth-order valence-electron chi connectivity index (χ4n) is 2.67. The van der Waals surface area contributed by atoms with Crippen molar-refractivity contribution >= 4 is 33.1 Å². The third-order valence-corrected chi connectivity index (χ3v) is 5.49. The van der Waals surface area contributed by atoms with Crippen LogP contribution in [0.15, 0.2) is 12.3 Å². The second-order valence-electron chi connectivity index (χ2n) is 5.58. The van der Waals surface area contributed by atoms with Gasteiger partial charge < -0.3 is 10.1 Å². The number of rotatable bonds is 4. The largest absolute Gasteiger partial charge is 0.479 e. The van der Waals surface area contributed by atoms with Crippen molar-refractivity contribution in [3.63, 3.8) is 0 Å². The minimum absolute atomic E-state index is 0.187. The van der Waals surface area contributed by atoms with Crippen LogP contribution in [0, 0.1) is 0 Å². The normalized spacial score (nSPS) is 22.7. The number of nitrogens with one attached hydrogen (secondary N) is 1. The van der Waals surface area contributed by atoms with E-state index < -0.39 is 22.2 Å². The molecular formula is C13H17ClFN5O3S. The Morgan fingerprint density at radius 3 is 2.88 bits per heavy atom. The third kappa shape index (κ3) is 3.26. The summed E-state index contributed by atoms with van der Waals surface area (Å²) in [4.78, 5) is 4.20. The molecule has 1 fully saturated rings. The minimum Gasteiger partial charge on any atom is -0.479 e. The Morgan fingerprint density at radius 2 is 2.25 bits per heavy atom. The number of fused-ring (bicyclic) bond motifs is 1. The van der Waals surface area contributed by atoms with Crippen LogP contribution >= 0.6 is 11.6 Å². The van der Waals surface area contributed by atoms with Gasteiger partial charge in [-0.1, -0.05) is 11.6 Å². The summed E-state index contributed by atoms with van der Waals surface area (Å²) in [5.41, 5.74) is 0.522. The average Bonchev–Trinajstić information content (AvgIpc) is 2.89. The Morgan fingerprint density at radius 1 is 1.50 bits per heavy atom. The topological polar surface area (TPSA) is 88.8 Å². The van der Waals surface area contributed by atoms with Gasteiger partial charge in [0, 0.05) is 19.3 Å². The highest BCUT2D eigenvalue weighted by molar-refractivity contribution is 7.88. The van der Waals surface area contributed by atoms with Gasteiger partial charge in [-0.2, -0.15) is 9.29 Å². The summed E-state index contributed by atoms with van der Waals surface area (Å²) >= 11 is 6.06. The molecule has 1 aliphatic heterocycles. The number of piperidine rings is 1. The number of anilines is 1. The number of alkyl halides is 1. The maximum Gasteiger partial charge on any atom is 0.244 e. The monoisotopic (exact) mass is 377 g/mol. The number of nitrogens with zero attached hydrogens (tertiary/aromatic N) is 4. The predicted molar refractivity (Wildman–Crippen MR) is 87.9 cm³/mol. The summed E-state index contributed by atoms with van der Waals surface area (Å²) in [5, 5.41) is 7.60. The number of methoxy groups -OCH3 is 1. The zero-order valence-corrected chi connectivity index (χ0v) is 14.7. The lowest BCUT2D eigenvalue weighted by Gasteiger charge is -2.33. The molecule has 3 heterocycles. The summed E-state index contributed by atoms with van der Waals surface area (Å²) in [6.45, 7) is 0.0525. The van der Waals surface area contributed by atoms with E-state index in [-0.39, 0.29) is 24.9 Å². The lowest BCUT2D eigenvalue weighted by molar-refractivity contribution is 0.186. The number of hydrogen-bond donors (Lipinski definition) is 1. The fraction of sp³-hybridized carbons (Fsp3) is 0.538. The predicted octanol–water partition coefficient (Wildman–Crippen LogP) is 1.18. The molecule has 2 aromatic rings. The summed E-state index contributed by atoms with van der Waals surface area (Å²) in [5.74, 6) is 0.457. The molecule has 2 aromatic heterocycles. The molecule has 1 aliphatic rings. The first-order chi connectivity index (χ1) is 11.3. The van der Waals surface area contributed by atoms with E-state index in [0.29, 0.717) is 17.0 Å². The molecule has 0 aliphatic carbocycles. The van der Waals surface area contributed by atoms with Crippen LogP contribution in [-0.4, -0.2) is 66.0 Å². The van der Waals surface area contributed by atoms with E-state index in [4.69, 9.17) is 16.3 Å². The number of ether oxygens (including phenoxy) is 1. The first-order valence-electron chi connectivity index (χ1n) is 7.24. The molecule has 0 amide bonds. The molecule has 0 aromatic carbocycles. The first-order valence-corrected chi connectivity index (χ1v) is 9.47. The summed E-state index contributed by atoms with van der Waals surface area (Å²) in [6.07, 6.45) is 1.66. The average molecular weight is 378 g/mol. The van der Waals surface area contributed by atoms with Crippen molar-refractivity contribution in [1.82, 2.24) is 18.9 Å². The molecule has 132 valence electrons. The van der Waals surface area contributed by atoms with Crippen LogP contribution < -0.4 is 10.1 Å². The van der Waals surface area contributed by atoms with Crippen molar-refractivity contribution in [2.75, 3.05) is 31.8 Å². The molecule has 0 radical (unpaired) electrons. The molecule has 0 unspecified atom stereocenters. The number of hydrogen-bond acceptors (Lipinski definition) is 6. The van der Waals surface area contributed by atoms with Gasteiger partial charge in [-0.05, 0) is 12.5 Å². The number of aromatic nitrogens is 3. The standard InChI is InChI=1S/C13H17ClFN5O3S/c1-23-12-11-8(14)3-6-20(11)18-13(17-12)16-10-4-5-19(7-9(10)15)24(2,21)22/h3,6,9-10H,4-5,7H2,1-2H3,(H,16,18)/t9-,10+/m1/s1.